The molecule has 3 nitrogen and oxygen atoms in total. The zero-order valence-corrected chi connectivity index (χ0v) is 11.3. The Morgan fingerprint density at radius 2 is 2.11 bits per heavy atom. The molecule has 1 heterocycles. The first kappa shape index (κ1) is 13.1. The van der Waals surface area contributed by atoms with Crippen LogP contribution >= 0.6 is 0 Å². The molecule has 1 fully saturated rings. The Morgan fingerprint density at radius 1 is 1.39 bits per heavy atom. The van der Waals surface area contributed by atoms with Crippen LogP contribution < -0.4 is 5.32 Å². The molecule has 1 aliphatic heterocycles. The van der Waals surface area contributed by atoms with Crippen molar-refractivity contribution in [2.45, 2.75) is 26.3 Å². The number of piperidine rings is 1. The highest BCUT2D eigenvalue weighted by molar-refractivity contribution is 5.94. The zero-order chi connectivity index (χ0) is 13.0. The van der Waals surface area contributed by atoms with Crippen molar-refractivity contribution in [3.63, 3.8) is 0 Å². The molecular formula is C15H22N2O. The van der Waals surface area contributed by atoms with Gasteiger partial charge in [-0.15, -0.1) is 0 Å². The maximum absolute atomic E-state index is 12.3. The third-order valence-corrected chi connectivity index (χ3v) is 3.53. The molecule has 1 amide bonds. The lowest BCUT2D eigenvalue weighted by Crippen LogP contribution is -2.39. The summed E-state index contributed by atoms with van der Waals surface area (Å²) in [5.41, 5.74) is 2.02. The average molecular weight is 246 g/mol. The molecule has 0 saturated carbocycles. The predicted molar refractivity (Wildman–Crippen MR) is 73.5 cm³/mol. The molecule has 1 aromatic rings. The number of hydrogen-bond donors (Lipinski definition) is 1. The highest BCUT2D eigenvalue weighted by atomic mass is 16.2. The summed E-state index contributed by atoms with van der Waals surface area (Å²) in [7, 11) is 1.92. The van der Waals surface area contributed by atoms with E-state index in [9.17, 15) is 4.79 Å². The van der Waals surface area contributed by atoms with Crippen LogP contribution in [0, 0.1) is 5.92 Å². The molecule has 0 aromatic heterocycles. The van der Waals surface area contributed by atoms with Crippen LogP contribution in [-0.4, -0.2) is 30.9 Å². The fourth-order valence-electron chi connectivity index (χ4n) is 2.53. The number of hydrogen-bond acceptors (Lipinski definition) is 2. The minimum atomic E-state index is 0.178. The van der Waals surface area contributed by atoms with E-state index in [0.29, 0.717) is 5.92 Å². The summed E-state index contributed by atoms with van der Waals surface area (Å²) >= 11 is 0. The Hall–Kier alpha value is -1.35. The van der Waals surface area contributed by atoms with Gasteiger partial charge in [-0.25, -0.2) is 0 Å². The largest absolute Gasteiger partial charge is 0.338 e. The van der Waals surface area contributed by atoms with Gasteiger partial charge in [0.15, 0.2) is 0 Å². The van der Waals surface area contributed by atoms with Gasteiger partial charge >= 0.3 is 0 Å². The van der Waals surface area contributed by atoms with E-state index >= 15 is 0 Å². The fraction of sp³-hybridized carbons (Fsp3) is 0.533. The second kappa shape index (κ2) is 6.01. The van der Waals surface area contributed by atoms with Gasteiger partial charge in [0.2, 0.25) is 0 Å². The summed E-state index contributed by atoms with van der Waals surface area (Å²) in [5.74, 6) is 0.809. The number of carbonyl (C=O) groups is 1. The molecule has 0 aliphatic carbocycles. The SMILES string of the molecule is CNCc1ccc(C(=O)N2CCCC(C)C2)cc1. The number of nitrogens with zero attached hydrogens (tertiary/aromatic N) is 1. The fourth-order valence-corrected chi connectivity index (χ4v) is 2.53. The number of nitrogens with one attached hydrogen (secondary N) is 1. The lowest BCUT2D eigenvalue weighted by atomic mass is 9.99. The van der Waals surface area contributed by atoms with E-state index < -0.39 is 0 Å². The van der Waals surface area contributed by atoms with Gasteiger partial charge in [-0.1, -0.05) is 19.1 Å². The van der Waals surface area contributed by atoms with Crippen LogP contribution in [0.15, 0.2) is 24.3 Å². The van der Waals surface area contributed by atoms with Gasteiger partial charge in [-0.3, -0.25) is 4.79 Å². The van der Waals surface area contributed by atoms with E-state index in [-0.39, 0.29) is 5.91 Å². The van der Waals surface area contributed by atoms with Crippen LogP contribution in [0.2, 0.25) is 0 Å². The van der Waals surface area contributed by atoms with E-state index in [2.05, 4.69) is 12.2 Å². The minimum Gasteiger partial charge on any atom is -0.338 e. The summed E-state index contributed by atoms with van der Waals surface area (Å²) in [6.07, 6.45) is 2.37. The Bertz CT molecular complexity index is 399. The number of carbonyl (C=O) groups excluding carboxylic acids is 1. The van der Waals surface area contributed by atoms with Crippen molar-refractivity contribution in [1.29, 1.82) is 0 Å². The minimum absolute atomic E-state index is 0.178. The molecule has 1 N–H and O–H groups in total. The van der Waals surface area contributed by atoms with Crippen LogP contribution in [0.25, 0.3) is 0 Å². The van der Waals surface area contributed by atoms with Crippen molar-refractivity contribution in [3.05, 3.63) is 35.4 Å². The third-order valence-electron chi connectivity index (χ3n) is 3.53. The molecule has 1 aliphatic rings. The van der Waals surface area contributed by atoms with Crippen molar-refractivity contribution in [2.24, 2.45) is 5.92 Å². The van der Waals surface area contributed by atoms with Crippen molar-refractivity contribution in [2.75, 3.05) is 20.1 Å². The molecule has 3 heteroatoms. The van der Waals surface area contributed by atoms with Crippen molar-refractivity contribution >= 4 is 5.91 Å². The summed E-state index contributed by atoms with van der Waals surface area (Å²) in [6, 6.07) is 7.93. The van der Waals surface area contributed by atoms with E-state index in [1.807, 2.05) is 36.2 Å². The highest BCUT2D eigenvalue weighted by Crippen LogP contribution is 2.18. The summed E-state index contributed by atoms with van der Waals surface area (Å²) < 4.78 is 0. The van der Waals surface area contributed by atoms with Gasteiger partial charge in [0.05, 0.1) is 0 Å². The lowest BCUT2D eigenvalue weighted by molar-refractivity contribution is 0.0683. The number of benzene rings is 1. The predicted octanol–water partition coefficient (Wildman–Crippen LogP) is 2.28. The molecule has 0 spiro atoms. The van der Waals surface area contributed by atoms with E-state index in [0.717, 1.165) is 31.6 Å². The summed E-state index contributed by atoms with van der Waals surface area (Å²) in [5, 5.41) is 3.11. The van der Waals surface area contributed by atoms with Crippen LogP contribution in [-0.2, 0) is 6.54 Å². The Labute approximate surface area is 109 Å². The summed E-state index contributed by atoms with van der Waals surface area (Å²) in [4.78, 5) is 14.3. The second-order valence-electron chi connectivity index (χ2n) is 5.23. The normalized spacial score (nSPS) is 19.9. The van der Waals surface area contributed by atoms with Gasteiger partial charge in [-0.05, 0) is 43.5 Å². The van der Waals surface area contributed by atoms with Crippen molar-refractivity contribution < 1.29 is 4.79 Å². The van der Waals surface area contributed by atoms with Crippen molar-refractivity contribution in [3.8, 4) is 0 Å². The summed E-state index contributed by atoms with van der Waals surface area (Å²) in [6.45, 7) is 4.86. The molecule has 1 unspecified atom stereocenters. The van der Waals surface area contributed by atoms with Crippen LogP contribution in [0.4, 0.5) is 0 Å². The van der Waals surface area contributed by atoms with E-state index in [1.54, 1.807) is 0 Å². The zero-order valence-electron chi connectivity index (χ0n) is 11.3. The first-order valence-corrected chi connectivity index (χ1v) is 6.73. The van der Waals surface area contributed by atoms with E-state index in [4.69, 9.17) is 0 Å². The quantitative estimate of drug-likeness (QED) is 0.887. The van der Waals surface area contributed by atoms with Gasteiger partial charge < -0.3 is 10.2 Å². The Kier molecular flexibility index (Phi) is 4.37. The van der Waals surface area contributed by atoms with Gasteiger partial charge in [0, 0.05) is 25.2 Å². The first-order chi connectivity index (χ1) is 8.70. The van der Waals surface area contributed by atoms with Crippen LogP contribution in [0.3, 0.4) is 0 Å². The van der Waals surface area contributed by atoms with Crippen molar-refractivity contribution in [1.82, 2.24) is 10.2 Å². The highest BCUT2D eigenvalue weighted by Gasteiger charge is 2.21. The average Bonchev–Trinajstić information content (AvgIpc) is 2.39. The molecule has 0 bridgehead atoms. The van der Waals surface area contributed by atoms with Gasteiger partial charge in [-0.2, -0.15) is 0 Å². The molecule has 2 rings (SSSR count). The monoisotopic (exact) mass is 246 g/mol. The molecule has 1 atom stereocenters. The Morgan fingerprint density at radius 3 is 2.72 bits per heavy atom. The molecule has 18 heavy (non-hydrogen) atoms. The topological polar surface area (TPSA) is 32.3 Å². The van der Waals surface area contributed by atoms with E-state index in [1.165, 1.54) is 12.0 Å². The molecule has 1 saturated heterocycles. The smallest absolute Gasteiger partial charge is 0.253 e. The maximum Gasteiger partial charge on any atom is 0.253 e. The number of amides is 1. The lowest BCUT2D eigenvalue weighted by Gasteiger charge is -2.31. The third kappa shape index (κ3) is 3.10. The molecule has 98 valence electrons. The molecule has 0 radical (unpaired) electrons. The van der Waals surface area contributed by atoms with Gasteiger partial charge in [0.25, 0.3) is 5.91 Å². The molecular weight excluding hydrogens is 224 g/mol. The number of likely N-dealkylation sites (tertiary alicyclic amines) is 1. The molecule has 1 aromatic carbocycles. The standard InChI is InChI=1S/C15H22N2O/c1-12-4-3-9-17(11-12)15(18)14-7-5-13(6-8-14)10-16-2/h5-8,12,16H,3-4,9-11H2,1-2H3. The second-order valence-corrected chi connectivity index (χ2v) is 5.23. The van der Waals surface area contributed by atoms with Crippen LogP contribution in [0.1, 0.15) is 35.7 Å². The number of rotatable bonds is 3. The van der Waals surface area contributed by atoms with Gasteiger partial charge in [0.1, 0.15) is 0 Å². The Balaban J connectivity index is 2.03. The maximum atomic E-state index is 12.3. The first-order valence-electron chi connectivity index (χ1n) is 6.73. The van der Waals surface area contributed by atoms with Crippen LogP contribution in [0.5, 0.6) is 0 Å².